The van der Waals surface area contributed by atoms with Crippen molar-refractivity contribution in [1.29, 1.82) is 0 Å². The highest BCUT2D eigenvalue weighted by molar-refractivity contribution is 5.98. The van der Waals surface area contributed by atoms with E-state index in [-0.39, 0.29) is 34.6 Å². The fourth-order valence-electron chi connectivity index (χ4n) is 2.42. The number of benzene rings is 2. The van der Waals surface area contributed by atoms with Crippen LogP contribution in [0.15, 0.2) is 36.4 Å². The van der Waals surface area contributed by atoms with E-state index in [0.29, 0.717) is 18.7 Å². The van der Waals surface area contributed by atoms with Crippen LogP contribution in [0.25, 0.3) is 0 Å². The van der Waals surface area contributed by atoms with E-state index in [0.717, 1.165) is 0 Å². The topological polar surface area (TPSA) is 93.9 Å². The second kappa shape index (κ2) is 6.78. The van der Waals surface area contributed by atoms with Gasteiger partial charge in [0.15, 0.2) is 17.2 Å². The summed E-state index contributed by atoms with van der Waals surface area (Å²) in [4.78, 5) is 25.0. The van der Waals surface area contributed by atoms with Gasteiger partial charge in [-0.25, -0.2) is 0 Å². The highest BCUT2D eigenvalue weighted by Crippen LogP contribution is 2.50. The van der Waals surface area contributed by atoms with Crippen LogP contribution in [0.2, 0.25) is 0 Å². The second-order valence-electron chi connectivity index (χ2n) is 5.76. The average Bonchev–Trinajstić information content (AvgIpc) is 2.58. The van der Waals surface area contributed by atoms with Crippen LogP contribution in [-0.2, 0) is 0 Å². The van der Waals surface area contributed by atoms with Gasteiger partial charge in [0.2, 0.25) is 5.75 Å². The molecule has 2 aromatic rings. The fourth-order valence-corrected chi connectivity index (χ4v) is 2.42. The Morgan fingerprint density at radius 3 is 2.44 bits per heavy atom. The largest absolute Gasteiger partial charge is 0.448 e. The predicted molar refractivity (Wildman–Crippen MR) is 90.6 cm³/mol. The van der Waals surface area contributed by atoms with Crippen LogP contribution in [0, 0.1) is 10.1 Å². The molecule has 0 aromatic heterocycles. The van der Waals surface area contributed by atoms with Crippen LogP contribution < -0.4 is 14.8 Å². The maximum absolute atomic E-state index is 12.4. The van der Waals surface area contributed by atoms with Crippen molar-refractivity contribution in [2.24, 2.45) is 0 Å². The van der Waals surface area contributed by atoms with E-state index >= 15 is 0 Å². The predicted octanol–water partition coefficient (Wildman–Crippen LogP) is 2.78. The van der Waals surface area contributed by atoms with Crippen LogP contribution >= 0.6 is 0 Å². The molecule has 130 valence electrons. The number of nitrogens with zero attached hydrogens (tertiary/aromatic N) is 2. The normalized spacial score (nSPS) is 11.8. The monoisotopic (exact) mass is 343 g/mol. The van der Waals surface area contributed by atoms with E-state index in [1.807, 2.05) is 19.0 Å². The Hall–Kier alpha value is -3.13. The first-order valence-corrected chi connectivity index (χ1v) is 7.66. The number of nitro benzene ring substituents is 1. The van der Waals surface area contributed by atoms with Gasteiger partial charge in [-0.05, 0) is 32.3 Å². The molecule has 1 aliphatic heterocycles. The van der Waals surface area contributed by atoms with Crippen LogP contribution in [0.5, 0.6) is 23.0 Å². The zero-order valence-electron chi connectivity index (χ0n) is 13.8. The molecule has 0 unspecified atom stereocenters. The van der Waals surface area contributed by atoms with Gasteiger partial charge in [0, 0.05) is 19.2 Å². The van der Waals surface area contributed by atoms with Gasteiger partial charge in [-0.3, -0.25) is 14.9 Å². The summed E-state index contributed by atoms with van der Waals surface area (Å²) in [6, 6.07) is 9.27. The van der Waals surface area contributed by atoms with Gasteiger partial charge in [-0.2, -0.15) is 0 Å². The number of para-hydroxylation sites is 2. The molecular formula is C17H17N3O5. The molecular weight excluding hydrogens is 326 g/mol. The summed E-state index contributed by atoms with van der Waals surface area (Å²) in [6.07, 6.45) is 0. The first-order valence-electron chi connectivity index (χ1n) is 7.66. The standard InChI is InChI=1S/C17H17N3O5/c1-19(2)10-9-18-17(21)11-5-3-7-13-15(11)24-14-8-4-6-12(20(22)23)16(14)25-13/h3-8H,9-10H2,1-2H3,(H,18,21). The van der Waals surface area contributed by atoms with Crippen molar-refractivity contribution < 1.29 is 19.2 Å². The van der Waals surface area contributed by atoms with Gasteiger partial charge in [0.1, 0.15) is 0 Å². The van der Waals surface area contributed by atoms with Crippen LogP contribution in [-0.4, -0.2) is 42.9 Å². The van der Waals surface area contributed by atoms with Crippen molar-refractivity contribution in [3.05, 3.63) is 52.1 Å². The minimum atomic E-state index is -0.537. The van der Waals surface area contributed by atoms with Crippen LogP contribution in [0.1, 0.15) is 10.4 Å². The third kappa shape index (κ3) is 3.38. The van der Waals surface area contributed by atoms with Crippen molar-refractivity contribution in [2.45, 2.75) is 0 Å². The summed E-state index contributed by atoms with van der Waals surface area (Å²) >= 11 is 0. The number of ether oxygens (including phenoxy) is 2. The number of likely N-dealkylation sites (N-methyl/N-ethyl adjacent to an activating group) is 1. The number of nitrogens with one attached hydrogen (secondary N) is 1. The third-order valence-electron chi connectivity index (χ3n) is 3.65. The maximum Gasteiger partial charge on any atom is 0.315 e. The molecule has 2 aromatic carbocycles. The Morgan fingerprint density at radius 1 is 1.12 bits per heavy atom. The second-order valence-corrected chi connectivity index (χ2v) is 5.76. The number of hydrogen-bond acceptors (Lipinski definition) is 6. The molecule has 1 amide bonds. The highest BCUT2D eigenvalue weighted by Gasteiger charge is 2.29. The molecule has 8 heteroatoms. The summed E-state index contributed by atoms with van der Waals surface area (Å²) in [5.74, 6) is 0.455. The lowest BCUT2D eigenvalue weighted by molar-refractivity contribution is -0.385. The van der Waals surface area contributed by atoms with Crippen molar-refractivity contribution in [3.8, 4) is 23.0 Å². The van der Waals surface area contributed by atoms with Gasteiger partial charge in [0.05, 0.1) is 10.5 Å². The minimum Gasteiger partial charge on any atom is -0.448 e. The zero-order valence-corrected chi connectivity index (χ0v) is 13.8. The van der Waals surface area contributed by atoms with E-state index in [2.05, 4.69) is 5.32 Å². The Kier molecular flexibility index (Phi) is 4.53. The summed E-state index contributed by atoms with van der Waals surface area (Å²) < 4.78 is 11.4. The van der Waals surface area contributed by atoms with Crippen LogP contribution in [0.3, 0.4) is 0 Å². The number of nitro groups is 1. The number of carbonyl (C=O) groups excluding carboxylic acids is 1. The molecule has 8 nitrogen and oxygen atoms in total. The van der Waals surface area contributed by atoms with Crippen molar-refractivity contribution >= 4 is 11.6 Å². The van der Waals surface area contributed by atoms with Gasteiger partial charge >= 0.3 is 5.69 Å². The fraction of sp³-hybridized carbons (Fsp3) is 0.235. The first kappa shape index (κ1) is 16.7. The minimum absolute atomic E-state index is 0.0326. The Labute approximate surface area is 144 Å². The lowest BCUT2D eigenvalue weighted by Crippen LogP contribution is -2.31. The lowest BCUT2D eigenvalue weighted by Gasteiger charge is -2.22. The molecule has 0 saturated heterocycles. The lowest BCUT2D eigenvalue weighted by atomic mass is 10.1. The zero-order chi connectivity index (χ0) is 18.0. The van der Waals surface area contributed by atoms with Gasteiger partial charge in [-0.1, -0.05) is 12.1 Å². The molecule has 0 saturated carbocycles. The van der Waals surface area contributed by atoms with Gasteiger partial charge < -0.3 is 19.7 Å². The Balaban J connectivity index is 1.89. The molecule has 0 atom stereocenters. The number of hydrogen-bond donors (Lipinski definition) is 1. The van der Waals surface area contributed by atoms with Gasteiger partial charge in [-0.15, -0.1) is 0 Å². The van der Waals surface area contributed by atoms with Gasteiger partial charge in [0.25, 0.3) is 5.91 Å². The molecule has 3 rings (SSSR count). The molecule has 0 bridgehead atoms. The maximum atomic E-state index is 12.4. The summed E-state index contributed by atoms with van der Waals surface area (Å²) in [5.41, 5.74) is 0.123. The Bertz CT molecular complexity index is 835. The first-order chi connectivity index (χ1) is 12.0. The molecule has 0 radical (unpaired) electrons. The van der Waals surface area contributed by atoms with Crippen molar-refractivity contribution in [2.75, 3.05) is 27.2 Å². The summed E-state index contributed by atoms with van der Waals surface area (Å²) in [7, 11) is 3.83. The van der Waals surface area contributed by atoms with Crippen molar-refractivity contribution in [1.82, 2.24) is 10.2 Å². The van der Waals surface area contributed by atoms with Crippen molar-refractivity contribution in [3.63, 3.8) is 0 Å². The molecule has 0 aliphatic carbocycles. The summed E-state index contributed by atoms with van der Waals surface area (Å²) in [5, 5.41) is 13.9. The number of fused-ring (bicyclic) bond motifs is 2. The SMILES string of the molecule is CN(C)CCNC(=O)c1cccc2c1Oc1cccc([N+](=O)[O-])c1O2. The molecule has 1 heterocycles. The molecule has 0 fully saturated rings. The quantitative estimate of drug-likeness (QED) is 0.565. The number of rotatable bonds is 5. The average molecular weight is 343 g/mol. The van der Waals surface area contributed by atoms with E-state index in [9.17, 15) is 14.9 Å². The van der Waals surface area contributed by atoms with E-state index < -0.39 is 4.92 Å². The number of amides is 1. The smallest absolute Gasteiger partial charge is 0.315 e. The molecule has 1 N–H and O–H groups in total. The summed E-state index contributed by atoms with van der Waals surface area (Å²) in [6.45, 7) is 1.19. The van der Waals surface area contributed by atoms with Crippen LogP contribution in [0.4, 0.5) is 5.69 Å². The number of carbonyl (C=O) groups is 1. The van der Waals surface area contributed by atoms with E-state index in [1.165, 1.54) is 12.1 Å². The molecule has 25 heavy (non-hydrogen) atoms. The third-order valence-corrected chi connectivity index (χ3v) is 3.65. The molecule has 1 aliphatic rings. The Morgan fingerprint density at radius 2 is 1.76 bits per heavy atom. The van der Waals surface area contributed by atoms with E-state index in [1.54, 1.807) is 24.3 Å². The highest BCUT2D eigenvalue weighted by atomic mass is 16.6. The van der Waals surface area contributed by atoms with E-state index in [4.69, 9.17) is 9.47 Å². The molecule has 0 spiro atoms.